The molecule has 6 nitrogen and oxygen atoms in total. The van der Waals surface area contributed by atoms with Gasteiger partial charge in [-0.15, -0.1) is 0 Å². The Labute approximate surface area is 158 Å². The van der Waals surface area contributed by atoms with Crippen molar-refractivity contribution in [1.29, 1.82) is 0 Å². The van der Waals surface area contributed by atoms with Crippen molar-refractivity contribution >= 4 is 17.4 Å². The van der Waals surface area contributed by atoms with Gasteiger partial charge in [0.15, 0.2) is 5.72 Å². The first kappa shape index (κ1) is 18.9. The fraction of sp³-hybridized carbons (Fsp3) is 0.333. The first-order chi connectivity index (χ1) is 13.0. The Balaban J connectivity index is 1.77. The van der Waals surface area contributed by atoms with Crippen LogP contribution in [0.3, 0.4) is 0 Å². The minimum atomic E-state index is -1.02. The number of carbonyl (C=O) groups excluding carboxylic acids is 1. The fourth-order valence-corrected chi connectivity index (χ4v) is 3.43. The monoisotopic (exact) mass is 369 g/mol. The quantitative estimate of drug-likeness (QED) is 0.753. The predicted molar refractivity (Wildman–Crippen MR) is 101 cm³/mol. The van der Waals surface area contributed by atoms with Crippen LogP contribution in [0.25, 0.3) is 5.57 Å². The average molecular weight is 369 g/mol. The lowest BCUT2D eigenvalue weighted by molar-refractivity contribution is -0.133. The molecule has 0 heterocycles. The Kier molecular flexibility index (Phi) is 5.46. The third-order valence-corrected chi connectivity index (χ3v) is 5.00. The molecule has 2 N–H and O–H groups in total. The number of rotatable bonds is 6. The van der Waals surface area contributed by atoms with Crippen LogP contribution in [0.4, 0.5) is 0 Å². The van der Waals surface area contributed by atoms with Gasteiger partial charge in [0.2, 0.25) is 5.91 Å². The van der Waals surface area contributed by atoms with Gasteiger partial charge in [-0.2, -0.15) is 0 Å². The molecule has 0 aromatic heterocycles. The van der Waals surface area contributed by atoms with E-state index in [0.29, 0.717) is 31.3 Å². The van der Waals surface area contributed by atoms with Gasteiger partial charge in [0, 0.05) is 24.7 Å². The van der Waals surface area contributed by atoms with Gasteiger partial charge in [-0.05, 0) is 48.6 Å². The van der Waals surface area contributed by atoms with E-state index in [2.05, 4.69) is 5.32 Å². The van der Waals surface area contributed by atoms with Gasteiger partial charge in [0.25, 0.3) is 0 Å². The Morgan fingerprint density at radius 2 is 1.96 bits per heavy atom. The number of hydrogen-bond acceptors (Lipinski definition) is 4. The molecule has 0 aliphatic heterocycles. The van der Waals surface area contributed by atoms with Gasteiger partial charge in [-0.25, -0.2) is 4.79 Å². The first-order valence-electron chi connectivity index (χ1n) is 8.85. The molecule has 0 saturated carbocycles. The molecule has 1 aromatic rings. The highest BCUT2D eigenvalue weighted by Crippen LogP contribution is 2.31. The summed E-state index contributed by atoms with van der Waals surface area (Å²) >= 11 is 0. The van der Waals surface area contributed by atoms with Gasteiger partial charge >= 0.3 is 5.97 Å². The summed E-state index contributed by atoms with van der Waals surface area (Å²) in [6.45, 7) is 0. The number of allylic oxidation sites excluding steroid dienone is 2. The minimum absolute atomic E-state index is 0.200. The Morgan fingerprint density at radius 3 is 2.59 bits per heavy atom. The molecule has 1 aromatic carbocycles. The number of nitrogens with one attached hydrogen (secondary N) is 1. The van der Waals surface area contributed by atoms with Crippen molar-refractivity contribution in [3.8, 4) is 5.75 Å². The van der Waals surface area contributed by atoms with Crippen molar-refractivity contribution in [2.24, 2.45) is 0 Å². The molecule has 27 heavy (non-hydrogen) atoms. The first-order valence-corrected chi connectivity index (χ1v) is 8.85. The number of methoxy groups -OCH3 is 2. The number of hydrogen-bond donors (Lipinski definition) is 2. The maximum absolute atomic E-state index is 12.6. The van der Waals surface area contributed by atoms with E-state index in [1.807, 2.05) is 36.4 Å². The molecule has 6 heteroatoms. The zero-order valence-electron chi connectivity index (χ0n) is 15.5. The van der Waals surface area contributed by atoms with Gasteiger partial charge < -0.3 is 19.9 Å². The third-order valence-electron chi connectivity index (χ3n) is 5.00. The van der Waals surface area contributed by atoms with E-state index in [1.54, 1.807) is 13.2 Å². The Hall–Kier alpha value is -2.86. The summed E-state index contributed by atoms with van der Waals surface area (Å²) in [6.07, 6.45) is 7.70. The Bertz CT molecular complexity index is 852. The third kappa shape index (κ3) is 3.95. The summed E-state index contributed by atoms with van der Waals surface area (Å²) in [4.78, 5) is 24.0. The summed E-state index contributed by atoms with van der Waals surface area (Å²) in [5, 5.41) is 12.1. The lowest BCUT2D eigenvalue weighted by Gasteiger charge is -2.32. The second-order valence-corrected chi connectivity index (χ2v) is 6.59. The molecule has 3 rings (SSSR count). The van der Waals surface area contributed by atoms with Crippen LogP contribution < -0.4 is 10.1 Å². The number of ether oxygens (including phenoxy) is 2. The van der Waals surface area contributed by atoms with Gasteiger partial charge in [0.1, 0.15) is 5.75 Å². The molecule has 0 bridgehead atoms. The lowest BCUT2D eigenvalue weighted by Crippen LogP contribution is -2.49. The summed E-state index contributed by atoms with van der Waals surface area (Å²) in [7, 11) is 3.15. The standard InChI is InChI=1S/C21H23NO5/c1-26-16-6-3-5-15(13-16)14-9-11-21(27-2,12-10-14)22-19(23)17-7-4-8-18(17)20(24)25/h3,5-6,9-11,13H,4,7-8,12H2,1-2H3,(H,22,23)(H,24,25). The molecule has 0 fully saturated rings. The van der Waals surface area contributed by atoms with Crippen LogP contribution in [0.2, 0.25) is 0 Å². The van der Waals surface area contributed by atoms with E-state index in [4.69, 9.17) is 9.47 Å². The molecule has 1 unspecified atom stereocenters. The second-order valence-electron chi connectivity index (χ2n) is 6.59. The van der Waals surface area contributed by atoms with E-state index < -0.39 is 11.7 Å². The van der Waals surface area contributed by atoms with E-state index in [0.717, 1.165) is 16.9 Å². The second kappa shape index (κ2) is 7.80. The van der Waals surface area contributed by atoms with Crippen molar-refractivity contribution in [2.75, 3.05) is 14.2 Å². The maximum Gasteiger partial charge on any atom is 0.332 e. The van der Waals surface area contributed by atoms with Crippen molar-refractivity contribution in [3.63, 3.8) is 0 Å². The summed E-state index contributed by atoms with van der Waals surface area (Å²) in [5.74, 6) is -0.633. The molecule has 0 radical (unpaired) electrons. The van der Waals surface area contributed by atoms with Crippen molar-refractivity contribution in [2.45, 2.75) is 31.4 Å². The molecule has 1 amide bonds. The minimum Gasteiger partial charge on any atom is -0.497 e. The smallest absolute Gasteiger partial charge is 0.332 e. The molecular weight excluding hydrogens is 346 g/mol. The lowest BCUT2D eigenvalue weighted by atomic mass is 9.94. The predicted octanol–water partition coefficient (Wildman–Crippen LogP) is 3.06. The normalized spacial score (nSPS) is 21.8. The number of benzene rings is 1. The van der Waals surface area contributed by atoms with Crippen molar-refractivity contribution in [1.82, 2.24) is 5.32 Å². The van der Waals surface area contributed by atoms with Crippen LogP contribution >= 0.6 is 0 Å². The fourth-order valence-electron chi connectivity index (χ4n) is 3.43. The molecular formula is C21H23NO5. The largest absolute Gasteiger partial charge is 0.497 e. The van der Waals surface area contributed by atoms with Crippen LogP contribution in [0.5, 0.6) is 5.75 Å². The zero-order valence-corrected chi connectivity index (χ0v) is 15.5. The van der Waals surface area contributed by atoms with E-state index in [-0.39, 0.29) is 11.5 Å². The summed E-state index contributed by atoms with van der Waals surface area (Å²) < 4.78 is 10.8. The summed E-state index contributed by atoms with van der Waals surface area (Å²) in [5.41, 5.74) is 1.56. The number of amides is 1. The Morgan fingerprint density at radius 1 is 1.19 bits per heavy atom. The van der Waals surface area contributed by atoms with Gasteiger partial charge in [-0.1, -0.05) is 24.3 Å². The van der Waals surface area contributed by atoms with Gasteiger partial charge in [0.05, 0.1) is 7.11 Å². The van der Waals surface area contributed by atoms with Crippen molar-refractivity contribution < 1.29 is 24.2 Å². The number of carboxylic acid groups (broad SMARTS) is 1. The van der Waals surface area contributed by atoms with E-state index in [1.165, 1.54) is 7.11 Å². The maximum atomic E-state index is 12.6. The highest BCUT2D eigenvalue weighted by molar-refractivity contribution is 6.03. The molecule has 2 aliphatic rings. The zero-order chi connectivity index (χ0) is 19.4. The highest BCUT2D eigenvalue weighted by atomic mass is 16.5. The van der Waals surface area contributed by atoms with Crippen LogP contribution in [-0.4, -0.2) is 36.9 Å². The molecule has 0 saturated heterocycles. The van der Waals surface area contributed by atoms with Crippen LogP contribution in [0.15, 0.2) is 53.6 Å². The van der Waals surface area contributed by atoms with E-state index >= 15 is 0 Å². The SMILES string of the molecule is COc1cccc(C2=CCC(NC(=O)C3=C(C(=O)O)CCC3)(OC)C=C2)c1. The molecule has 2 aliphatic carbocycles. The van der Waals surface area contributed by atoms with Crippen LogP contribution in [0, 0.1) is 0 Å². The van der Waals surface area contributed by atoms with Crippen LogP contribution in [0.1, 0.15) is 31.2 Å². The highest BCUT2D eigenvalue weighted by Gasteiger charge is 2.33. The van der Waals surface area contributed by atoms with Gasteiger partial charge in [-0.3, -0.25) is 4.79 Å². The molecule has 0 spiro atoms. The molecule has 1 atom stereocenters. The van der Waals surface area contributed by atoms with Crippen LogP contribution in [-0.2, 0) is 14.3 Å². The van der Waals surface area contributed by atoms with Crippen molar-refractivity contribution in [3.05, 3.63) is 59.2 Å². The average Bonchev–Trinajstić information content (AvgIpc) is 3.19. The van der Waals surface area contributed by atoms with E-state index in [9.17, 15) is 14.7 Å². The number of carbonyl (C=O) groups is 2. The number of aliphatic carboxylic acids is 1. The number of carboxylic acids is 1. The summed E-state index contributed by atoms with van der Waals surface area (Å²) in [6, 6.07) is 7.73. The topological polar surface area (TPSA) is 84.9 Å². The molecule has 142 valence electrons.